The number of hydrogen-bond donors (Lipinski definition) is 0. The maximum Gasteiger partial charge on any atom is 0.410 e. The Hall–Kier alpha value is -2.84. The molecule has 3 rings (SSSR count). The van der Waals surface area contributed by atoms with Crippen LogP contribution in [0.3, 0.4) is 0 Å². The zero-order valence-corrected chi connectivity index (χ0v) is 19.1. The predicted octanol–water partition coefficient (Wildman–Crippen LogP) is 1.91. The smallest absolute Gasteiger partial charge is 0.410 e. The summed E-state index contributed by atoms with van der Waals surface area (Å²) >= 11 is 0. The average Bonchev–Trinajstić information content (AvgIpc) is 3.00. The SMILES string of the molecule is CCCCOC(=O)N1Cc2c(nn3c2C(=O)N(C)CC(C(=O)C=CN(C)C)C3)CC1C. The molecule has 2 amide bonds. The number of rotatable bonds is 6. The molecule has 0 N–H and O–H groups in total. The summed E-state index contributed by atoms with van der Waals surface area (Å²) < 4.78 is 7.07. The van der Waals surface area contributed by atoms with Gasteiger partial charge in [-0.15, -0.1) is 0 Å². The van der Waals surface area contributed by atoms with Crippen LogP contribution in [0.5, 0.6) is 0 Å². The van der Waals surface area contributed by atoms with E-state index in [9.17, 15) is 14.4 Å². The number of amides is 2. The normalized spacial score (nSPS) is 21.0. The van der Waals surface area contributed by atoms with Gasteiger partial charge in [0.25, 0.3) is 5.91 Å². The van der Waals surface area contributed by atoms with E-state index in [-0.39, 0.29) is 36.3 Å². The van der Waals surface area contributed by atoms with E-state index in [1.165, 1.54) is 0 Å². The Morgan fingerprint density at radius 3 is 2.71 bits per heavy atom. The minimum atomic E-state index is -0.375. The van der Waals surface area contributed by atoms with Crippen LogP contribution in [0.1, 0.15) is 48.4 Å². The van der Waals surface area contributed by atoms with Crippen molar-refractivity contribution in [1.82, 2.24) is 24.5 Å². The molecule has 1 aromatic heterocycles. The van der Waals surface area contributed by atoms with Crippen molar-refractivity contribution in [2.75, 3.05) is 34.3 Å². The van der Waals surface area contributed by atoms with Crippen LogP contribution in [0.2, 0.25) is 0 Å². The number of hydrogen-bond acceptors (Lipinski definition) is 6. The third-order valence-corrected chi connectivity index (χ3v) is 5.82. The number of unbranched alkanes of at least 4 members (excludes halogenated alkanes) is 1. The zero-order chi connectivity index (χ0) is 22.7. The highest BCUT2D eigenvalue weighted by Crippen LogP contribution is 2.29. The third kappa shape index (κ3) is 4.91. The van der Waals surface area contributed by atoms with Gasteiger partial charge in [0.2, 0.25) is 0 Å². The van der Waals surface area contributed by atoms with Gasteiger partial charge in [0.15, 0.2) is 5.78 Å². The van der Waals surface area contributed by atoms with Crippen LogP contribution in [0.4, 0.5) is 4.79 Å². The minimum absolute atomic E-state index is 0.0378. The molecule has 2 aliphatic heterocycles. The molecule has 1 aromatic rings. The molecule has 0 saturated carbocycles. The van der Waals surface area contributed by atoms with Gasteiger partial charge in [-0.05, 0) is 19.4 Å². The highest BCUT2D eigenvalue weighted by Gasteiger charge is 2.38. The molecule has 170 valence electrons. The first-order valence-electron chi connectivity index (χ1n) is 10.9. The van der Waals surface area contributed by atoms with Crippen LogP contribution >= 0.6 is 0 Å². The Balaban J connectivity index is 1.86. The first-order valence-corrected chi connectivity index (χ1v) is 10.9. The van der Waals surface area contributed by atoms with Gasteiger partial charge < -0.3 is 19.4 Å². The molecular weight excluding hydrogens is 398 g/mol. The second-order valence-electron chi connectivity index (χ2n) is 8.67. The number of nitrogens with zero attached hydrogens (tertiary/aromatic N) is 5. The number of ketones is 1. The van der Waals surface area contributed by atoms with Crippen LogP contribution < -0.4 is 0 Å². The van der Waals surface area contributed by atoms with E-state index >= 15 is 0 Å². The van der Waals surface area contributed by atoms with Gasteiger partial charge in [-0.2, -0.15) is 5.10 Å². The van der Waals surface area contributed by atoms with Gasteiger partial charge in [0.1, 0.15) is 5.69 Å². The Kier molecular flexibility index (Phi) is 7.02. The van der Waals surface area contributed by atoms with E-state index in [0.717, 1.165) is 24.1 Å². The van der Waals surface area contributed by atoms with Crippen LogP contribution in [-0.4, -0.2) is 82.6 Å². The van der Waals surface area contributed by atoms with E-state index in [0.29, 0.717) is 31.8 Å². The lowest BCUT2D eigenvalue weighted by atomic mass is 9.99. The van der Waals surface area contributed by atoms with E-state index in [1.807, 2.05) is 27.9 Å². The number of fused-ring (bicyclic) bond motifs is 3. The zero-order valence-electron chi connectivity index (χ0n) is 19.1. The topological polar surface area (TPSA) is 88.0 Å². The van der Waals surface area contributed by atoms with Crippen molar-refractivity contribution < 1.29 is 19.1 Å². The highest BCUT2D eigenvalue weighted by molar-refractivity contribution is 5.97. The molecule has 2 atom stereocenters. The van der Waals surface area contributed by atoms with Gasteiger partial charge in [0, 0.05) is 51.9 Å². The molecule has 0 radical (unpaired) electrons. The maximum atomic E-state index is 13.2. The maximum absolute atomic E-state index is 13.2. The monoisotopic (exact) mass is 431 g/mol. The van der Waals surface area contributed by atoms with Crippen LogP contribution in [0.15, 0.2) is 12.3 Å². The van der Waals surface area contributed by atoms with Gasteiger partial charge in [-0.1, -0.05) is 13.3 Å². The van der Waals surface area contributed by atoms with E-state index in [2.05, 4.69) is 5.10 Å². The molecule has 31 heavy (non-hydrogen) atoms. The first-order chi connectivity index (χ1) is 14.7. The fourth-order valence-electron chi connectivity index (χ4n) is 4.00. The predicted molar refractivity (Wildman–Crippen MR) is 115 cm³/mol. The molecule has 0 bridgehead atoms. The molecule has 0 aromatic carbocycles. The fraction of sp³-hybridized carbons (Fsp3) is 0.636. The molecule has 9 nitrogen and oxygen atoms in total. The fourth-order valence-corrected chi connectivity index (χ4v) is 4.00. The molecule has 0 saturated heterocycles. The van der Waals surface area contributed by atoms with Crippen molar-refractivity contribution in [2.45, 2.75) is 52.2 Å². The number of carbonyl (C=O) groups excluding carboxylic acids is 3. The van der Waals surface area contributed by atoms with Crippen molar-refractivity contribution in [2.24, 2.45) is 5.92 Å². The summed E-state index contributed by atoms with van der Waals surface area (Å²) in [6, 6.07) is -0.0750. The lowest BCUT2D eigenvalue weighted by molar-refractivity contribution is -0.118. The van der Waals surface area contributed by atoms with Gasteiger partial charge in [0.05, 0.1) is 31.3 Å². The Labute approximate surface area is 183 Å². The van der Waals surface area contributed by atoms with Crippen LogP contribution in [0.25, 0.3) is 0 Å². The highest BCUT2D eigenvalue weighted by atomic mass is 16.6. The molecule has 0 spiro atoms. The van der Waals surface area contributed by atoms with E-state index in [4.69, 9.17) is 4.74 Å². The number of allylic oxidation sites excluding steroid dienone is 1. The second-order valence-corrected chi connectivity index (χ2v) is 8.67. The van der Waals surface area contributed by atoms with Gasteiger partial charge in [-0.25, -0.2) is 4.79 Å². The lowest BCUT2D eigenvalue weighted by Gasteiger charge is -2.32. The van der Waals surface area contributed by atoms with Gasteiger partial charge >= 0.3 is 6.09 Å². The minimum Gasteiger partial charge on any atom is -0.449 e. The van der Waals surface area contributed by atoms with Crippen molar-refractivity contribution in [3.8, 4) is 0 Å². The standard InChI is InChI=1S/C22H33N5O4/c1-6-7-10-31-22(30)26-14-17-18(11-15(26)2)23-27-13-16(19(28)8-9-24(3)4)12-25(5)21(29)20(17)27/h8-9,15-16H,6-7,10-14H2,1-5H3. The Bertz CT molecular complexity index is 875. The van der Waals surface area contributed by atoms with Crippen molar-refractivity contribution in [3.63, 3.8) is 0 Å². The molecule has 9 heteroatoms. The number of carbonyl (C=O) groups is 3. The summed E-state index contributed by atoms with van der Waals surface area (Å²) in [6.45, 7) is 5.35. The van der Waals surface area contributed by atoms with E-state index in [1.54, 1.807) is 38.7 Å². The summed E-state index contributed by atoms with van der Waals surface area (Å²) in [7, 11) is 5.41. The lowest BCUT2D eigenvalue weighted by Crippen LogP contribution is -2.43. The number of ether oxygens (including phenoxy) is 1. The van der Waals surface area contributed by atoms with E-state index < -0.39 is 0 Å². The molecule has 2 aliphatic rings. The summed E-state index contributed by atoms with van der Waals surface area (Å²) in [5.74, 6) is -0.584. The summed E-state index contributed by atoms with van der Waals surface area (Å²) in [4.78, 5) is 43.5. The Morgan fingerprint density at radius 1 is 1.29 bits per heavy atom. The molecule has 0 aliphatic carbocycles. The second kappa shape index (κ2) is 9.53. The third-order valence-electron chi connectivity index (χ3n) is 5.82. The quantitative estimate of drug-likeness (QED) is 0.505. The number of aromatic nitrogens is 2. The molecular formula is C22H33N5O4. The largest absolute Gasteiger partial charge is 0.449 e. The van der Waals surface area contributed by atoms with Gasteiger partial charge in [-0.3, -0.25) is 14.3 Å². The van der Waals surface area contributed by atoms with Crippen molar-refractivity contribution >= 4 is 17.8 Å². The summed E-state index contributed by atoms with van der Waals surface area (Å²) in [5, 5.41) is 4.69. The van der Waals surface area contributed by atoms with Crippen molar-refractivity contribution in [1.29, 1.82) is 0 Å². The first kappa shape index (κ1) is 22.8. The van der Waals surface area contributed by atoms with Crippen LogP contribution in [0, 0.1) is 5.92 Å². The molecule has 3 heterocycles. The molecule has 2 unspecified atom stereocenters. The summed E-state index contributed by atoms with van der Waals surface area (Å²) in [5.41, 5.74) is 2.06. The average molecular weight is 432 g/mol. The molecule has 0 fully saturated rings. The Morgan fingerprint density at radius 2 is 2.03 bits per heavy atom. The van der Waals surface area contributed by atoms with Crippen molar-refractivity contribution in [3.05, 3.63) is 29.2 Å². The van der Waals surface area contributed by atoms with Crippen LogP contribution in [-0.2, 0) is 29.0 Å². The summed E-state index contributed by atoms with van der Waals surface area (Å²) in [6.07, 6.45) is 5.23.